The first-order valence-electron chi connectivity index (χ1n) is 4.96. The fraction of sp³-hybridized carbons (Fsp3) is 0. The zero-order valence-electron chi connectivity index (χ0n) is 9.02. The second-order valence-electron chi connectivity index (χ2n) is 3.51. The Balaban J connectivity index is 2.63. The van der Waals surface area contributed by atoms with E-state index in [1.54, 1.807) is 6.07 Å². The van der Waals surface area contributed by atoms with Crippen molar-refractivity contribution in [3.8, 4) is 17.2 Å². The highest BCUT2D eigenvalue weighted by molar-refractivity contribution is 6.32. The van der Waals surface area contributed by atoms with Crippen molar-refractivity contribution >= 4 is 17.9 Å². The summed E-state index contributed by atoms with van der Waals surface area (Å²) in [6, 6.07) is 6.53. The molecule has 2 aromatic rings. The normalized spacial score (nSPS) is 9.83. The van der Waals surface area contributed by atoms with Crippen LogP contribution in [0.15, 0.2) is 30.6 Å². The van der Waals surface area contributed by atoms with Gasteiger partial charge in [-0.3, -0.25) is 9.78 Å². The van der Waals surface area contributed by atoms with Crippen LogP contribution in [-0.4, -0.2) is 11.3 Å². The van der Waals surface area contributed by atoms with Crippen molar-refractivity contribution in [1.29, 1.82) is 5.26 Å². The first kappa shape index (κ1) is 12.2. The van der Waals surface area contributed by atoms with Crippen molar-refractivity contribution in [2.24, 2.45) is 0 Å². The number of aromatic nitrogens is 1. The first-order valence-corrected chi connectivity index (χ1v) is 5.34. The van der Waals surface area contributed by atoms with Gasteiger partial charge in [-0.15, -0.1) is 0 Å². The molecule has 1 heterocycles. The molecule has 0 atom stereocenters. The minimum Gasteiger partial charge on any atom is -0.298 e. The maximum Gasteiger partial charge on any atom is 0.153 e. The highest BCUT2D eigenvalue weighted by Crippen LogP contribution is 2.27. The number of benzene rings is 1. The molecule has 1 aromatic carbocycles. The molecule has 0 N–H and O–H groups in total. The predicted octanol–water partition coefficient (Wildman–Crippen LogP) is 3.23. The Morgan fingerprint density at radius 2 is 2.17 bits per heavy atom. The summed E-state index contributed by atoms with van der Waals surface area (Å²) < 4.78 is 13.4. The lowest BCUT2D eigenvalue weighted by molar-refractivity contribution is 0.112. The van der Waals surface area contributed by atoms with Crippen molar-refractivity contribution in [3.05, 3.63) is 52.6 Å². The van der Waals surface area contributed by atoms with Gasteiger partial charge in [-0.1, -0.05) is 17.7 Å². The maximum absolute atomic E-state index is 13.4. The molecule has 0 radical (unpaired) electrons. The van der Waals surface area contributed by atoms with Crippen LogP contribution in [0, 0.1) is 17.1 Å². The fourth-order valence-corrected chi connectivity index (χ4v) is 1.79. The summed E-state index contributed by atoms with van der Waals surface area (Å²) in [5.41, 5.74) is 1.12. The number of nitrogens with zero attached hydrogens (tertiary/aromatic N) is 2. The number of rotatable bonds is 2. The van der Waals surface area contributed by atoms with E-state index in [1.165, 1.54) is 18.3 Å². The zero-order chi connectivity index (χ0) is 13.1. The average Bonchev–Trinajstić information content (AvgIpc) is 2.38. The van der Waals surface area contributed by atoms with E-state index in [9.17, 15) is 9.18 Å². The van der Waals surface area contributed by atoms with E-state index < -0.39 is 5.82 Å². The Labute approximate surface area is 107 Å². The van der Waals surface area contributed by atoms with E-state index in [0.717, 1.165) is 6.20 Å². The van der Waals surface area contributed by atoms with Crippen LogP contribution in [-0.2, 0) is 0 Å². The van der Waals surface area contributed by atoms with Gasteiger partial charge >= 0.3 is 0 Å². The molecule has 3 nitrogen and oxygen atoms in total. The molecule has 0 aliphatic carbocycles. The first-order chi connectivity index (χ1) is 8.67. The van der Waals surface area contributed by atoms with Gasteiger partial charge < -0.3 is 0 Å². The Morgan fingerprint density at radius 1 is 1.39 bits per heavy atom. The molecule has 0 amide bonds. The second kappa shape index (κ2) is 4.94. The maximum atomic E-state index is 13.4. The number of aldehydes is 1. The molecule has 0 bridgehead atoms. The lowest BCUT2D eigenvalue weighted by Crippen LogP contribution is -1.94. The van der Waals surface area contributed by atoms with E-state index in [1.807, 2.05) is 6.07 Å². The third-order valence-electron chi connectivity index (χ3n) is 2.46. The molecule has 0 saturated heterocycles. The molecular weight excluding hydrogens is 255 g/mol. The van der Waals surface area contributed by atoms with E-state index in [0.29, 0.717) is 23.0 Å². The molecule has 0 fully saturated rings. The molecule has 1 aromatic heterocycles. The molecule has 0 saturated carbocycles. The van der Waals surface area contributed by atoms with Crippen molar-refractivity contribution < 1.29 is 9.18 Å². The number of carbonyl (C=O) groups is 1. The van der Waals surface area contributed by atoms with E-state index in [-0.39, 0.29) is 10.6 Å². The summed E-state index contributed by atoms with van der Waals surface area (Å²) >= 11 is 5.89. The minimum absolute atomic E-state index is 0.0780. The molecule has 18 heavy (non-hydrogen) atoms. The summed E-state index contributed by atoms with van der Waals surface area (Å²) in [5, 5.41) is 9.01. The largest absolute Gasteiger partial charge is 0.298 e. The molecule has 5 heteroatoms. The van der Waals surface area contributed by atoms with Crippen molar-refractivity contribution in [1.82, 2.24) is 4.98 Å². The molecule has 0 aliphatic heterocycles. The van der Waals surface area contributed by atoms with Gasteiger partial charge in [-0.2, -0.15) is 5.26 Å². The third kappa shape index (κ3) is 2.08. The minimum atomic E-state index is -0.692. The molecule has 2 rings (SSSR count). The Kier molecular flexibility index (Phi) is 3.35. The average molecular weight is 261 g/mol. The monoisotopic (exact) mass is 260 g/mol. The van der Waals surface area contributed by atoms with Gasteiger partial charge in [-0.05, 0) is 17.7 Å². The summed E-state index contributed by atoms with van der Waals surface area (Å²) in [7, 11) is 0. The van der Waals surface area contributed by atoms with Crippen molar-refractivity contribution in [3.63, 3.8) is 0 Å². The molecule has 88 valence electrons. The SMILES string of the molecule is N#Cc1ccc(-c2cncc(F)c2C=O)cc1Cl. The van der Waals surface area contributed by atoms with Crippen molar-refractivity contribution in [2.75, 3.05) is 0 Å². The van der Waals surface area contributed by atoms with Crippen LogP contribution in [0.25, 0.3) is 11.1 Å². The molecule has 0 aliphatic rings. The summed E-state index contributed by atoms with van der Waals surface area (Å²) in [5.74, 6) is -0.692. The molecule has 0 unspecified atom stereocenters. The van der Waals surface area contributed by atoms with Crippen LogP contribution in [0.1, 0.15) is 15.9 Å². The van der Waals surface area contributed by atoms with E-state index in [2.05, 4.69) is 4.98 Å². The van der Waals surface area contributed by atoms with Gasteiger partial charge in [0.1, 0.15) is 6.07 Å². The number of nitriles is 1. The smallest absolute Gasteiger partial charge is 0.153 e. The van der Waals surface area contributed by atoms with E-state index in [4.69, 9.17) is 16.9 Å². The predicted molar refractivity (Wildman–Crippen MR) is 64.7 cm³/mol. The Bertz CT molecular complexity index is 665. The molecule has 0 spiro atoms. The van der Waals surface area contributed by atoms with Gasteiger partial charge in [0.2, 0.25) is 0 Å². The van der Waals surface area contributed by atoms with Gasteiger partial charge in [0.15, 0.2) is 12.1 Å². The third-order valence-corrected chi connectivity index (χ3v) is 2.77. The van der Waals surface area contributed by atoms with Crippen molar-refractivity contribution in [2.45, 2.75) is 0 Å². The Morgan fingerprint density at radius 3 is 2.78 bits per heavy atom. The van der Waals surface area contributed by atoms with Gasteiger partial charge in [0.05, 0.1) is 22.3 Å². The van der Waals surface area contributed by atoms with Crippen LogP contribution in [0.5, 0.6) is 0 Å². The second-order valence-corrected chi connectivity index (χ2v) is 3.91. The van der Waals surface area contributed by atoms with Crippen LogP contribution >= 0.6 is 11.6 Å². The Hall–Kier alpha value is -2.25. The summed E-state index contributed by atoms with van der Waals surface area (Å²) in [4.78, 5) is 14.6. The van der Waals surface area contributed by atoms with Crippen LogP contribution < -0.4 is 0 Å². The van der Waals surface area contributed by atoms with E-state index >= 15 is 0 Å². The number of hydrogen-bond donors (Lipinski definition) is 0. The van der Waals surface area contributed by atoms with Crippen LogP contribution in [0.2, 0.25) is 5.02 Å². The van der Waals surface area contributed by atoms with Gasteiger partial charge in [0, 0.05) is 11.8 Å². The lowest BCUT2D eigenvalue weighted by Gasteiger charge is -2.06. The molecular formula is C13H6ClFN2O. The fourth-order valence-electron chi connectivity index (χ4n) is 1.57. The lowest BCUT2D eigenvalue weighted by atomic mass is 10.0. The highest BCUT2D eigenvalue weighted by atomic mass is 35.5. The number of hydrogen-bond acceptors (Lipinski definition) is 3. The van der Waals surface area contributed by atoms with Gasteiger partial charge in [-0.25, -0.2) is 4.39 Å². The van der Waals surface area contributed by atoms with Crippen LogP contribution in [0.3, 0.4) is 0 Å². The highest BCUT2D eigenvalue weighted by Gasteiger charge is 2.11. The topological polar surface area (TPSA) is 53.8 Å². The summed E-state index contributed by atoms with van der Waals surface area (Å²) in [6.45, 7) is 0. The summed E-state index contributed by atoms with van der Waals surface area (Å²) in [6.07, 6.45) is 2.78. The van der Waals surface area contributed by atoms with Gasteiger partial charge in [0.25, 0.3) is 0 Å². The standard InChI is InChI=1S/C13H6ClFN2O/c14-12-3-8(1-2-9(12)4-16)10-5-17-6-13(15)11(10)7-18/h1-3,5-7H. The zero-order valence-corrected chi connectivity index (χ0v) is 9.78. The number of carbonyl (C=O) groups excluding carboxylic acids is 1. The number of halogens is 2. The number of pyridine rings is 1. The quantitative estimate of drug-likeness (QED) is 0.779. The van der Waals surface area contributed by atoms with Crippen LogP contribution in [0.4, 0.5) is 4.39 Å².